The van der Waals surface area contributed by atoms with E-state index in [4.69, 9.17) is 0 Å². The number of hydrogen-bond acceptors (Lipinski definition) is 2. The van der Waals surface area contributed by atoms with Crippen molar-refractivity contribution in [3.63, 3.8) is 0 Å². The molecular formula is C26H29N3O2. The lowest BCUT2D eigenvalue weighted by molar-refractivity contribution is -0.117. The van der Waals surface area contributed by atoms with E-state index in [1.165, 1.54) is 5.56 Å². The molecule has 0 bridgehead atoms. The number of hydrogen-bond donors (Lipinski definition) is 1. The van der Waals surface area contributed by atoms with Crippen molar-refractivity contribution in [2.45, 2.75) is 45.1 Å². The lowest BCUT2D eigenvalue weighted by atomic mass is 9.65. The summed E-state index contributed by atoms with van der Waals surface area (Å²) in [5, 5.41) is 3.03. The van der Waals surface area contributed by atoms with Crippen molar-refractivity contribution in [3.8, 4) is 0 Å². The first-order valence-electron chi connectivity index (χ1n) is 10.6. The van der Waals surface area contributed by atoms with E-state index in [2.05, 4.69) is 38.2 Å². The Morgan fingerprint density at radius 3 is 2.29 bits per heavy atom. The second-order valence-electron chi connectivity index (χ2n) is 9.23. The summed E-state index contributed by atoms with van der Waals surface area (Å²) >= 11 is 0. The average molecular weight is 416 g/mol. The molecule has 4 rings (SSSR count). The third-order valence-electron chi connectivity index (χ3n) is 6.38. The third kappa shape index (κ3) is 3.54. The minimum atomic E-state index is -0.350. The molecule has 1 aliphatic heterocycles. The van der Waals surface area contributed by atoms with Crippen LogP contribution in [0.5, 0.6) is 0 Å². The smallest absolute Gasteiger partial charge is 0.272 e. The van der Waals surface area contributed by atoms with Crippen molar-refractivity contribution in [2.24, 2.45) is 7.05 Å². The molecule has 2 heterocycles. The molecule has 2 aromatic carbocycles. The predicted molar refractivity (Wildman–Crippen MR) is 125 cm³/mol. The highest BCUT2D eigenvalue weighted by Gasteiger charge is 2.47. The molecule has 0 saturated heterocycles. The van der Waals surface area contributed by atoms with E-state index >= 15 is 0 Å². The van der Waals surface area contributed by atoms with Crippen LogP contribution in [0.1, 0.15) is 55.7 Å². The van der Waals surface area contributed by atoms with Crippen molar-refractivity contribution in [1.29, 1.82) is 0 Å². The zero-order chi connectivity index (χ0) is 22.4. The molecular weight excluding hydrogens is 386 g/mol. The highest BCUT2D eigenvalue weighted by molar-refractivity contribution is 6.03. The number of amides is 2. The van der Waals surface area contributed by atoms with Crippen molar-refractivity contribution in [2.75, 3.05) is 10.2 Å². The van der Waals surface area contributed by atoms with E-state index in [9.17, 15) is 9.59 Å². The van der Waals surface area contributed by atoms with Gasteiger partial charge in [0.1, 0.15) is 5.69 Å². The van der Waals surface area contributed by atoms with Crippen LogP contribution < -0.4 is 10.2 Å². The fourth-order valence-electron chi connectivity index (χ4n) is 5.17. The lowest BCUT2D eigenvalue weighted by Crippen LogP contribution is -2.55. The number of carbonyl (C=O) groups excluding carboxylic acids is 2. The number of aryl methyl sites for hydroxylation is 1. The van der Waals surface area contributed by atoms with Crippen LogP contribution in [0.15, 0.2) is 66.9 Å². The molecule has 160 valence electrons. The predicted octanol–water partition coefficient (Wildman–Crippen LogP) is 5.12. The molecule has 5 heteroatoms. The van der Waals surface area contributed by atoms with Crippen molar-refractivity contribution >= 4 is 23.2 Å². The maximum atomic E-state index is 12.8. The van der Waals surface area contributed by atoms with Gasteiger partial charge in [-0.1, -0.05) is 37.3 Å². The van der Waals surface area contributed by atoms with Gasteiger partial charge in [-0.2, -0.15) is 0 Å². The SMILES string of the molecule is CC(=O)N1c2ccc(NC(=O)c3cccn3C)cc2C(C)(c2ccccc2)CC1(C)C. The first kappa shape index (κ1) is 20.9. The van der Waals surface area contributed by atoms with Crippen LogP contribution in [0.2, 0.25) is 0 Å². The molecule has 1 N–H and O–H groups in total. The van der Waals surface area contributed by atoms with Gasteiger partial charge in [0.15, 0.2) is 0 Å². The van der Waals surface area contributed by atoms with Crippen LogP contribution in [0, 0.1) is 0 Å². The molecule has 1 aromatic heterocycles. The fourth-order valence-corrected chi connectivity index (χ4v) is 5.17. The number of carbonyl (C=O) groups is 2. The van der Waals surface area contributed by atoms with Gasteiger partial charge < -0.3 is 14.8 Å². The molecule has 31 heavy (non-hydrogen) atoms. The molecule has 1 atom stereocenters. The van der Waals surface area contributed by atoms with Crippen LogP contribution in [0.25, 0.3) is 0 Å². The average Bonchev–Trinajstić information content (AvgIpc) is 3.14. The normalized spacial score (nSPS) is 19.6. The number of rotatable bonds is 3. The molecule has 2 amide bonds. The Morgan fingerprint density at radius 2 is 1.68 bits per heavy atom. The van der Waals surface area contributed by atoms with Gasteiger partial charge in [-0.3, -0.25) is 9.59 Å². The van der Waals surface area contributed by atoms with E-state index in [1.54, 1.807) is 17.6 Å². The number of nitrogens with zero attached hydrogens (tertiary/aromatic N) is 2. The number of benzene rings is 2. The summed E-state index contributed by atoms with van der Waals surface area (Å²) < 4.78 is 1.79. The summed E-state index contributed by atoms with van der Waals surface area (Å²) in [5.41, 5.74) is 3.78. The first-order valence-corrected chi connectivity index (χ1v) is 10.6. The van der Waals surface area contributed by atoms with E-state index in [0.29, 0.717) is 5.69 Å². The maximum absolute atomic E-state index is 12.8. The van der Waals surface area contributed by atoms with Gasteiger partial charge in [-0.15, -0.1) is 0 Å². The van der Waals surface area contributed by atoms with Crippen LogP contribution in [-0.4, -0.2) is 21.9 Å². The van der Waals surface area contributed by atoms with Crippen LogP contribution >= 0.6 is 0 Å². The van der Waals surface area contributed by atoms with E-state index in [0.717, 1.165) is 23.4 Å². The minimum Gasteiger partial charge on any atom is -0.347 e. The fraction of sp³-hybridized carbons (Fsp3) is 0.308. The van der Waals surface area contributed by atoms with Crippen molar-refractivity contribution in [1.82, 2.24) is 4.57 Å². The van der Waals surface area contributed by atoms with Crippen molar-refractivity contribution in [3.05, 3.63) is 83.7 Å². The molecule has 1 aliphatic rings. The van der Waals surface area contributed by atoms with E-state index in [-0.39, 0.29) is 22.8 Å². The molecule has 0 spiro atoms. The van der Waals surface area contributed by atoms with Crippen molar-refractivity contribution < 1.29 is 9.59 Å². The summed E-state index contributed by atoms with van der Waals surface area (Å²) in [6, 6.07) is 19.9. The minimum absolute atomic E-state index is 0.0157. The highest BCUT2D eigenvalue weighted by Crippen LogP contribution is 2.51. The Hall–Kier alpha value is -3.34. The maximum Gasteiger partial charge on any atom is 0.272 e. The summed E-state index contributed by atoms with van der Waals surface area (Å²) in [4.78, 5) is 27.3. The molecule has 0 saturated carbocycles. The molecule has 1 unspecified atom stereocenters. The number of fused-ring (bicyclic) bond motifs is 1. The first-order chi connectivity index (χ1) is 14.6. The second kappa shape index (κ2) is 7.41. The number of anilines is 2. The second-order valence-corrected chi connectivity index (χ2v) is 9.23. The topological polar surface area (TPSA) is 54.3 Å². The zero-order valence-corrected chi connectivity index (χ0v) is 18.8. The Morgan fingerprint density at radius 1 is 0.968 bits per heavy atom. The summed E-state index contributed by atoms with van der Waals surface area (Å²) in [7, 11) is 1.85. The number of nitrogens with one attached hydrogen (secondary N) is 1. The monoisotopic (exact) mass is 415 g/mol. The van der Waals surface area contributed by atoms with Crippen LogP contribution in [0.4, 0.5) is 11.4 Å². The molecule has 5 nitrogen and oxygen atoms in total. The van der Waals surface area contributed by atoms with Gasteiger partial charge in [-0.25, -0.2) is 0 Å². The Kier molecular flexibility index (Phi) is 5.00. The summed E-state index contributed by atoms with van der Waals surface area (Å²) in [6.45, 7) is 8.07. The highest BCUT2D eigenvalue weighted by atomic mass is 16.2. The molecule has 0 radical (unpaired) electrons. The Bertz CT molecular complexity index is 1150. The standard InChI is InChI=1S/C26H29N3O2/c1-18(30)29-22-14-13-20(27-24(31)23-12-9-15-28(23)5)16-21(22)26(4,17-25(29,2)3)19-10-7-6-8-11-19/h6-16H,17H2,1-5H3,(H,27,31). The van der Waals surface area contributed by atoms with Gasteiger partial charge in [0.2, 0.25) is 5.91 Å². The summed E-state index contributed by atoms with van der Waals surface area (Å²) in [6.07, 6.45) is 2.62. The van der Waals surface area contributed by atoms with Gasteiger partial charge >= 0.3 is 0 Å². The Balaban J connectivity index is 1.84. The largest absolute Gasteiger partial charge is 0.347 e. The molecule has 0 fully saturated rings. The number of aromatic nitrogens is 1. The third-order valence-corrected chi connectivity index (χ3v) is 6.38. The molecule has 3 aromatic rings. The van der Waals surface area contributed by atoms with Gasteiger partial charge in [0.05, 0.1) is 0 Å². The van der Waals surface area contributed by atoms with E-state index < -0.39 is 0 Å². The zero-order valence-electron chi connectivity index (χ0n) is 18.8. The van der Waals surface area contributed by atoms with Crippen LogP contribution in [-0.2, 0) is 17.3 Å². The summed E-state index contributed by atoms with van der Waals surface area (Å²) in [5.74, 6) is -0.143. The van der Waals surface area contributed by atoms with Gasteiger partial charge in [-0.05, 0) is 61.7 Å². The van der Waals surface area contributed by atoms with Crippen LogP contribution in [0.3, 0.4) is 0 Å². The Labute approximate surface area is 183 Å². The quantitative estimate of drug-likeness (QED) is 0.646. The lowest BCUT2D eigenvalue weighted by Gasteiger charge is -2.51. The molecule has 0 aliphatic carbocycles. The van der Waals surface area contributed by atoms with Gasteiger partial charge in [0.25, 0.3) is 5.91 Å². The van der Waals surface area contributed by atoms with Gasteiger partial charge in [0, 0.05) is 42.5 Å². The van der Waals surface area contributed by atoms with E-state index in [1.807, 2.05) is 60.6 Å².